The van der Waals surface area contributed by atoms with Crippen LogP contribution in [0.1, 0.15) is 56.8 Å². The predicted octanol–water partition coefficient (Wildman–Crippen LogP) is 3.15. The van der Waals surface area contributed by atoms with Crippen molar-refractivity contribution in [1.29, 1.82) is 0 Å². The number of aliphatic hydroxyl groups is 1. The van der Waals surface area contributed by atoms with E-state index >= 15 is 0 Å². The second-order valence-electron chi connectivity index (χ2n) is 6.38. The van der Waals surface area contributed by atoms with Gasteiger partial charge in [0.25, 0.3) is 0 Å². The van der Waals surface area contributed by atoms with Crippen LogP contribution in [0.15, 0.2) is 35.2 Å². The monoisotopic (exact) mass is 303 g/mol. The van der Waals surface area contributed by atoms with Gasteiger partial charge in [-0.05, 0) is 51.8 Å². The summed E-state index contributed by atoms with van der Waals surface area (Å²) in [6.07, 6.45) is 8.03. The van der Waals surface area contributed by atoms with Crippen molar-refractivity contribution < 1.29 is 9.52 Å². The molecule has 0 bridgehead atoms. The summed E-state index contributed by atoms with van der Waals surface area (Å²) in [7, 11) is 0. The molecule has 1 fully saturated rings. The number of imidazole rings is 1. The van der Waals surface area contributed by atoms with Gasteiger partial charge < -0.3 is 14.1 Å². The molecule has 120 valence electrons. The molecule has 0 aliphatic carbocycles. The van der Waals surface area contributed by atoms with Gasteiger partial charge in [-0.1, -0.05) is 0 Å². The van der Waals surface area contributed by atoms with E-state index in [9.17, 15) is 5.11 Å². The molecule has 0 saturated carbocycles. The molecule has 0 amide bonds. The maximum atomic E-state index is 10.3. The number of aliphatic hydroxyl groups excluding tert-OH is 1. The van der Waals surface area contributed by atoms with Crippen LogP contribution in [0, 0.1) is 0 Å². The Morgan fingerprint density at radius 2 is 2.32 bits per heavy atom. The zero-order valence-electron chi connectivity index (χ0n) is 13.4. The van der Waals surface area contributed by atoms with E-state index in [2.05, 4.69) is 28.3 Å². The van der Waals surface area contributed by atoms with E-state index in [4.69, 9.17) is 4.42 Å². The first-order valence-electron chi connectivity index (χ1n) is 8.12. The van der Waals surface area contributed by atoms with Crippen molar-refractivity contribution in [2.24, 2.45) is 0 Å². The molecule has 3 rings (SSSR count). The van der Waals surface area contributed by atoms with E-state index in [1.54, 1.807) is 6.26 Å². The molecule has 5 nitrogen and oxygen atoms in total. The van der Waals surface area contributed by atoms with Crippen molar-refractivity contribution in [1.82, 2.24) is 14.5 Å². The fourth-order valence-corrected chi connectivity index (χ4v) is 3.34. The SMILES string of the molecule is CC(C)n1ccnc1CN1CCCC1CC(O)c1ccco1. The minimum absolute atomic E-state index is 0.386. The van der Waals surface area contributed by atoms with E-state index in [0.717, 1.165) is 31.8 Å². The summed E-state index contributed by atoms with van der Waals surface area (Å²) in [5, 5.41) is 10.3. The highest BCUT2D eigenvalue weighted by Gasteiger charge is 2.29. The van der Waals surface area contributed by atoms with Gasteiger partial charge in [0, 0.05) is 24.5 Å². The summed E-state index contributed by atoms with van der Waals surface area (Å²) < 4.78 is 7.53. The summed E-state index contributed by atoms with van der Waals surface area (Å²) >= 11 is 0. The molecule has 2 unspecified atom stereocenters. The highest BCUT2D eigenvalue weighted by molar-refractivity contribution is 5.03. The van der Waals surface area contributed by atoms with Gasteiger partial charge >= 0.3 is 0 Å². The van der Waals surface area contributed by atoms with Crippen molar-refractivity contribution in [3.8, 4) is 0 Å². The zero-order chi connectivity index (χ0) is 15.5. The standard InChI is InChI=1S/C17H25N3O2/c1-13(2)20-9-7-18-17(20)12-19-8-3-5-14(19)11-15(21)16-6-4-10-22-16/h4,6-7,9-10,13-15,21H,3,5,8,11-12H2,1-2H3. The molecule has 5 heteroatoms. The first kappa shape index (κ1) is 15.3. The van der Waals surface area contributed by atoms with Crippen molar-refractivity contribution >= 4 is 0 Å². The molecule has 1 N–H and O–H groups in total. The lowest BCUT2D eigenvalue weighted by atomic mass is 10.1. The van der Waals surface area contributed by atoms with Crippen molar-refractivity contribution in [3.05, 3.63) is 42.4 Å². The lowest BCUT2D eigenvalue weighted by molar-refractivity contribution is 0.0981. The number of hydrogen-bond acceptors (Lipinski definition) is 4. The molecule has 0 spiro atoms. The Morgan fingerprint density at radius 3 is 3.05 bits per heavy atom. The molecule has 1 aliphatic rings. The Kier molecular flexibility index (Phi) is 4.64. The fraction of sp³-hybridized carbons (Fsp3) is 0.588. The normalized spacial score (nSPS) is 20.8. The largest absolute Gasteiger partial charge is 0.467 e. The van der Waals surface area contributed by atoms with Crippen LogP contribution in [0.4, 0.5) is 0 Å². The van der Waals surface area contributed by atoms with Crippen LogP contribution in [0.5, 0.6) is 0 Å². The van der Waals surface area contributed by atoms with E-state index in [0.29, 0.717) is 17.8 Å². The second kappa shape index (κ2) is 6.67. The van der Waals surface area contributed by atoms with Crippen molar-refractivity contribution in [2.75, 3.05) is 6.54 Å². The highest BCUT2D eigenvalue weighted by atomic mass is 16.4. The van der Waals surface area contributed by atoms with Crippen LogP contribution in [0.25, 0.3) is 0 Å². The summed E-state index contributed by atoms with van der Waals surface area (Å²) in [4.78, 5) is 6.94. The molecule has 2 aromatic rings. The van der Waals surface area contributed by atoms with Gasteiger partial charge in [0.15, 0.2) is 0 Å². The first-order chi connectivity index (χ1) is 10.6. The molecule has 1 saturated heterocycles. The number of aromatic nitrogens is 2. The van der Waals surface area contributed by atoms with Crippen LogP contribution in [-0.2, 0) is 6.54 Å². The lowest BCUT2D eigenvalue weighted by Crippen LogP contribution is -2.31. The molecule has 2 aromatic heterocycles. The Balaban J connectivity index is 1.64. The second-order valence-corrected chi connectivity index (χ2v) is 6.38. The predicted molar refractivity (Wildman–Crippen MR) is 84.3 cm³/mol. The summed E-state index contributed by atoms with van der Waals surface area (Å²) in [5.74, 6) is 1.77. The fourth-order valence-electron chi connectivity index (χ4n) is 3.34. The molecule has 3 heterocycles. The number of furan rings is 1. The number of likely N-dealkylation sites (tertiary alicyclic amines) is 1. The van der Waals surface area contributed by atoms with Gasteiger partial charge in [0.2, 0.25) is 0 Å². The molecular weight excluding hydrogens is 278 g/mol. The average molecular weight is 303 g/mol. The Hall–Kier alpha value is -1.59. The molecule has 1 aliphatic heterocycles. The molecule has 0 radical (unpaired) electrons. The third-order valence-corrected chi connectivity index (χ3v) is 4.52. The molecule has 22 heavy (non-hydrogen) atoms. The Bertz CT molecular complexity index is 577. The topological polar surface area (TPSA) is 54.4 Å². The average Bonchev–Trinajstić information content (AvgIpc) is 3.20. The third kappa shape index (κ3) is 3.25. The Morgan fingerprint density at radius 1 is 1.45 bits per heavy atom. The van der Waals surface area contributed by atoms with Crippen LogP contribution in [-0.4, -0.2) is 32.1 Å². The smallest absolute Gasteiger partial charge is 0.132 e. The molecule has 2 atom stereocenters. The molecular formula is C17H25N3O2. The summed E-state index contributed by atoms with van der Waals surface area (Å²) in [6, 6.07) is 4.48. The maximum absolute atomic E-state index is 10.3. The summed E-state index contributed by atoms with van der Waals surface area (Å²) in [6.45, 7) is 6.27. The van der Waals surface area contributed by atoms with Gasteiger partial charge in [-0.15, -0.1) is 0 Å². The van der Waals surface area contributed by atoms with Crippen molar-refractivity contribution in [3.63, 3.8) is 0 Å². The number of nitrogens with zero attached hydrogens (tertiary/aromatic N) is 3. The van der Waals surface area contributed by atoms with Gasteiger partial charge in [0.1, 0.15) is 17.7 Å². The van der Waals surface area contributed by atoms with E-state index < -0.39 is 6.10 Å². The van der Waals surface area contributed by atoms with Gasteiger partial charge in [-0.25, -0.2) is 4.98 Å². The van der Waals surface area contributed by atoms with Crippen molar-refractivity contribution in [2.45, 2.75) is 57.8 Å². The first-order valence-corrected chi connectivity index (χ1v) is 8.12. The van der Waals surface area contributed by atoms with E-state index in [-0.39, 0.29) is 0 Å². The van der Waals surface area contributed by atoms with E-state index in [1.807, 2.05) is 24.5 Å². The molecule has 0 aromatic carbocycles. The van der Waals surface area contributed by atoms with E-state index in [1.165, 1.54) is 6.42 Å². The minimum Gasteiger partial charge on any atom is -0.467 e. The maximum Gasteiger partial charge on any atom is 0.132 e. The number of rotatable bonds is 6. The zero-order valence-corrected chi connectivity index (χ0v) is 13.4. The van der Waals surface area contributed by atoms with Gasteiger partial charge in [-0.3, -0.25) is 4.90 Å². The Labute approximate surface area is 131 Å². The van der Waals surface area contributed by atoms with Crippen LogP contribution in [0.2, 0.25) is 0 Å². The summed E-state index contributed by atoms with van der Waals surface area (Å²) in [5.41, 5.74) is 0. The quantitative estimate of drug-likeness (QED) is 0.890. The lowest BCUT2D eigenvalue weighted by Gasteiger charge is -2.26. The van der Waals surface area contributed by atoms with Crippen LogP contribution < -0.4 is 0 Å². The van der Waals surface area contributed by atoms with Crippen LogP contribution >= 0.6 is 0 Å². The van der Waals surface area contributed by atoms with Gasteiger partial charge in [-0.2, -0.15) is 0 Å². The number of hydrogen-bond donors (Lipinski definition) is 1. The third-order valence-electron chi connectivity index (χ3n) is 4.52. The minimum atomic E-state index is -0.523. The highest BCUT2D eigenvalue weighted by Crippen LogP contribution is 2.28. The van der Waals surface area contributed by atoms with Gasteiger partial charge in [0.05, 0.1) is 12.8 Å². The van der Waals surface area contributed by atoms with Crippen LogP contribution in [0.3, 0.4) is 0 Å².